The molecule has 0 bridgehead atoms. The predicted molar refractivity (Wildman–Crippen MR) is 92.0 cm³/mol. The molecule has 3 rings (SSSR count). The highest BCUT2D eigenvalue weighted by Crippen LogP contribution is 2.17. The summed E-state index contributed by atoms with van der Waals surface area (Å²) in [5.41, 5.74) is 2.24. The molecule has 2 aromatic rings. The molecule has 2 heterocycles. The molecular formula is C17H24N6. The molecule has 0 atom stereocenters. The van der Waals surface area contributed by atoms with E-state index in [1.54, 1.807) is 0 Å². The first-order valence-electron chi connectivity index (χ1n) is 8.16. The van der Waals surface area contributed by atoms with Gasteiger partial charge in [0.2, 0.25) is 0 Å². The molecule has 1 aromatic heterocycles. The summed E-state index contributed by atoms with van der Waals surface area (Å²) in [7, 11) is 1.85. The van der Waals surface area contributed by atoms with Crippen LogP contribution in [0.15, 0.2) is 35.6 Å². The molecule has 0 saturated carbocycles. The Labute approximate surface area is 137 Å². The summed E-state index contributed by atoms with van der Waals surface area (Å²) < 4.78 is 0. The zero-order valence-electron chi connectivity index (χ0n) is 13.8. The monoisotopic (exact) mass is 312 g/mol. The molecule has 0 spiro atoms. The molecule has 0 aliphatic carbocycles. The summed E-state index contributed by atoms with van der Waals surface area (Å²) in [5.74, 6) is 2.60. The number of likely N-dealkylation sites (tertiary alicyclic amines) is 1. The lowest BCUT2D eigenvalue weighted by Crippen LogP contribution is -2.45. The van der Waals surface area contributed by atoms with Gasteiger partial charge >= 0.3 is 0 Å². The number of guanidine groups is 1. The summed E-state index contributed by atoms with van der Waals surface area (Å²) in [6.07, 6.45) is 4.00. The molecule has 23 heavy (non-hydrogen) atoms. The van der Waals surface area contributed by atoms with E-state index < -0.39 is 0 Å². The van der Waals surface area contributed by atoms with Crippen LogP contribution in [0.2, 0.25) is 0 Å². The SMILES string of the molecule is CN=C(NCc1cccc(-c2ncn[nH]2)c1)N1CCC(C)CC1. The van der Waals surface area contributed by atoms with Crippen LogP contribution in [0.3, 0.4) is 0 Å². The van der Waals surface area contributed by atoms with Crippen molar-refractivity contribution in [2.45, 2.75) is 26.3 Å². The molecule has 1 aromatic carbocycles. The van der Waals surface area contributed by atoms with Gasteiger partial charge in [-0.2, -0.15) is 5.10 Å². The van der Waals surface area contributed by atoms with Gasteiger partial charge in [0.25, 0.3) is 0 Å². The van der Waals surface area contributed by atoms with E-state index in [9.17, 15) is 0 Å². The minimum Gasteiger partial charge on any atom is -0.352 e. The molecule has 1 aliphatic heterocycles. The van der Waals surface area contributed by atoms with Gasteiger partial charge in [-0.05, 0) is 30.4 Å². The molecule has 1 aliphatic rings. The van der Waals surface area contributed by atoms with Crippen LogP contribution in [-0.2, 0) is 6.54 Å². The Bertz CT molecular complexity index is 641. The van der Waals surface area contributed by atoms with E-state index in [-0.39, 0.29) is 0 Å². The molecule has 2 N–H and O–H groups in total. The van der Waals surface area contributed by atoms with Gasteiger partial charge in [-0.1, -0.05) is 25.1 Å². The fourth-order valence-corrected chi connectivity index (χ4v) is 2.91. The van der Waals surface area contributed by atoms with E-state index in [0.29, 0.717) is 0 Å². The van der Waals surface area contributed by atoms with E-state index in [4.69, 9.17) is 0 Å². The number of nitrogens with one attached hydrogen (secondary N) is 2. The van der Waals surface area contributed by atoms with Gasteiger partial charge in [0.05, 0.1) is 0 Å². The quantitative estimate of drug-likeness (QED) is 0.674. The Balaban J connectivity index is 1.62. The molecule has 0 radical (unpaired) electrons. The van der Waals surface area contributed by atoms with Crippen LogP contribution >= 0.6 is 0 Å². The van der Waals surface area contributed by atoms with Crippen LogP contribution in [0.25, 0.3) is 11.4 Å². The number of nitrogens with zero attached hydrogens (tertiary/aromatic N) is 4. The van der Waals surface area contributed by atoms with E-state index in [0.717, 1.165) is 42.9 Å². The summed E-state index contributed by atoms with van der Waals surface area (Å²) in [5, 5.41) is 10.3. The van der Waals surface area contributed by atoms with Crippen molar-refractivity contribution < 1.29 is 0 Å². The summed E-state index contributed by atoms with van der Waals surface area (Å²) in [6.45, 7) is 5.24. The maximum absolute atomic E-state index is 4.43. The summed E-state index contributed by atoms with van der Waals surface area (Å²) >= 11 is 0. The molecular weight excluding hydrogens is 288 g/mol. The van der Waals surface area contributed by atoms with Gasteiger partial charge in [-0.15, -0.1) is 0 Å². The van der Waals surface area contributed by atoms with Crippen LogP contribution in [0, 0.1) is 5.92 Å². The van der Waals surface area contributed by atoms with Gasteiger partial charge < -0.3 is 10.2 Å². The Morgan fingerprint density at radius 2 is 2.22 bits per heavy atom. The van der Waals surface area contributed by atoms with Crippen molar-refractivity contribution in [1.82, 2.24) is 25.4 Å². The highest BCUT2D eigenvalue weighted by Gasteiger charge is 2.18. The number of aliphatic imine (C=N–C) groups is 1. The molecule has 6 nitrogen and oxygen atoms in total. The number of benzene rings is 1. The highest BCUT2D eigenvalue weighted by atomic mass is 15.3. The first kappa shape index (κ1) is 15.5. The second-order valence-electron chi connectivity index (χ2n) is 6.10. The number of aromatic amines is 1. The van der Waals surface area contributed by atoms with Crippen molar-refractivity contribution in [3.8, 4) is 11.4 Å². The maximum Gasteiger partial charge on any atom is 0.193 e. The largest absolute Gasteiger partial charge is 0.352 e. The third kappa shape index (κ3) is 3.88. The van der Waals surface area contributed by atoms with Gasteiger partial charge in [0.1, 0.15) is 6.33 Å². The van der Waals surface area contributed by atoms with Gasteiger partial charge in [0, 0.05) is 32.2 Å². The minimum atomic E-state index is 0.751. The number of piperidine rings is 1. The van der Waals surface area contributed by atoms with E-state index in [1.165, 1.54) is 24.7 Å². The third-order valence-electron chi connectivity index (χ3n) is 4.36. The summed E-state index contributed by atoms with van der Waals surface area (Å²) in [4.78, 5) is 11.0. The van der Waals surface area contributed by atoms with E-state index >= 15 is 0 Å². The third-order valence-corrected chi connectivity index (χ3v) is 4.36. The van der Waals surface area contributed by atoms with Gasteiger partial charge in [0.15, 0.2) is 11.8 Å². The normalized spacial score (nSPS) is 16.6. The first-order chi connectivity index (χ1) is 11.3. The minimum absolute atomic E-state index is 0.751. The number of aromatic nitrogens is 3. The first-order valence-corrected chi connectivity index (χ1v) is 8.16. The van der Waals surface area contributed by atoms with Crippen molar-refractivity contribution >= 4 is 5.96 Å². The Hall–Kier alpha value is -2.37. The topological polar surface area (TPSA) is 69.2 Å². The molecule has 0 amide bonds. The predicted octanol–water partition coefficient (Wildman–Crippen LogP) is 2.28. The van der Waals surface area contributed by atoms with Crippen LogP contribution in [0.4, 0.5) is 0 Å². The second kappa shape index (κ2) is 7.26. The Morgan fingerprint density at radius 3 is 2.91 bits per heavy atom. The molecule has 0 unspecified atom stereocenters. The van der Waals surface area contributed by atoms with E-state index in [1.807, 2.05) is 19.2 Å². The fraction of sp³-hybridized carbons (Fsp3) is 0.471. The Morgan fingerprint density at radius 1 is 1.39 bits per heavy atom. The van der Waals surface area contributed by atoms with E-state index in [2.05, 4.69) is 49.4 Å². The highest BCUT2D eigenvalue weighted by molar-refractivity contribution is 5.80. The lowest BCUT2D eigenvalue weighted by molar-refractivity contribution is 0.273. The number of hydrogen-bond acceptors (Lipinski definition) is 3. The number of hydrogen-bond donors (Lipinski definition) is 2. The lowest BCUT2D eigenvalue weighted by Gasteiger charge is -2.32. The second-order valence-corrected chi connectivity index (χ2v) is 6.10. The average Bonchev–Trinajstić information content (AvgIpc) is 3.12. The van der Waals surface area contributed by atoms with Crippen LogP contribution < -0.4 is 5.32 Å². The molecule has 1 fully saturated rings. The smallest absolute Gasteiger partial charge is 0.193 e. The van der Waals surface area contributed by atoms with Crippen molar-refractivity contribution in [1.29, 1.82) is 0 Å². The zero-order chi connectivity index (χ0) is 16.1. The van der Waals surface area contributed by atoms with Gasteiger partial charge in [-0.3, -0.25) is 10.1 Å². The maximum atomic E-state index is 4.43. The average molecular weight is 312 g/mol. The summed E-state index contributed by atoms with van der Waals surface area (Å²) in [6, 6.07) is 8.31. The van der Waals surface area contributed by atoms with Crippen LogP contribution in [0.5, 0.6) is 0 Å². The standard InChI is InChI=1S/C17H24N6/c1-13-6-8-23(9-7-13)17(18-2)19-11-14-4-3-5-15(10-14)16-20-12-21-22-16/h3-5,10,12-13H,6-9,11H2,1-2H3,(H,18,19)(H,20,21,22). The van der Waals surface area contributed by atoms with Crippen LogP contribution in [0.1, 0.15) is 25.3 Å². The van der Waals surface area contributed by atoms with Crippen molar-refractivity contribution in [2.24, 2.45) is 10.9 Å². The lowest BCUT2D eigenvalue weighted by atomic mass is 9.99. The molecule has 6 heteroatoms. The fourth-order valence-electron chi connectivity index (χ4n) is 2.91. The van der Waals surface area contributed by atoms with Crippen LogP contribution in [-0.4, -0.2) is 46.2 Å². The number of H-pyrrole nitrogens is 1. The molecule has 122 valence electrons. The van der Waals surface area contributed by atoms with Gasteiger partial charge in [-0.25, -0.2) is 4.98 Å². The Kier molecular flexibility index (Phi) is 4.90. The molecule has 1 saturated heterocycles. The zero-order valence-corrected chi connectivity index (χ0v) is 13.8. The van der Waals surface area contributed by atoms with Crippen molar-refractivity contribution in [3.05, 3.63) is 36.2 Å². The van der Waals surface area contributed by atoms with Crippen molar-refractivity contribution in [2.75, 3.05) is 20.1 Å². The number of rotatable bonds is 3. The van der Waals surface area contributed by atoms with Crippen molar-refractivity contribution in [3.63, 3.8) is 0 Å².